The molecule has 0 saturated carbocycles. The minimum atomic E-state index is -4.79. The molecule has 3 heterocycles. The Bertz CT molecular complexity index is 3830. The van der Waals surface area contributed by atoms with Crippen molar-refractivity contribution in [3.05, 3.63) is 220 Å². The van der Waals surface area contributed by atoms with Crippen LogP contribution in [0.4, 0.5) is 57.4 Å². The molecule has 0 atom stereocenters. The molecule has 9 aromatic rings. The summed E-state index contributed by atoms with van der Waals surface area (Å²) in [6, 6.07) is 50.0. The zero-order chi connectivity index (χ0) is 55.6. The minimum Gasteiger partial charge on any atom is -0.380 e. The highest BCUT2D eigenvalue weighted by molar-refractivity contribution is 7.95. The van der Waals surface area contributed by atoms with E-state index in [1.165, 1.54) is 18.2 Å². The Balaban J connectivity index is 0.000000206. The molecule has 26 heteroatoms. The molecule has 78 heavy (non-hydrogen) atoms. The molecule has 0 aliphatic rings. The maximum Gasteiger partial charge on any atom is 0.416 e. The first-order chi connectivity index (χ1) is 37.1. The average Bonchev–Trinajstić information content (AvgIpc) is 4.23. The van der Waals surface area contributed by atoms with Gasteiger partial charge >= 0.3 is 6.18 Å². The third-order valence-electron chi connectivity index (χ3n) is 10.8. The molecule has 406 valence electrons. The van der Waals surface area contributed by atoms with Crippen molar-refractivity contribution in [1.82, 2.24) is 0 Å². The van der Waals surface area contributed by atoms with E-state index in [9.17, 15) is 51.2 Å². The summed E-state index contributed by atoms with van der Waals surface area (Å²) in [4.78, 5) is 1.64. The molecule has 0 unspecified atom stereocenters. The van der Waals surface area contributed by atoms with Crippen LogP contribution in [0.2, 0.25) is 0 Å². The van der Waals surface area contributed by atoms with E-state index >= 15 is 0 Å². The molecule has 0 amide bonds. The van der Waals surface area contributed by atoms with Gasteiger partial charge in [-0.3, -0.25) is 18.9 Å². The first kappa shape index (κ1) is 56.7. The summed E-state index contributed by atoms with van der Waals surface area (Å²) in [5.41, 5.74) is 0.947. The maximum atomic E-state index is 14.0. The van der Waals surface area contributed by atoms with Crippen molar-refractivity contribution in [2.75, 3.05) is 34.8 Å². The molecule has 9 rings (SSSR count). The van der Waals surface area contributed by atoms with Crippen LogP contribution in [0, 0.1) is 5.82 Å². The quantitative estimate of drug-likeness (QED) is 0.0335. The van der Waals surface area contributed by atoms with Gasteiger partial charge in [0, 0.05) is 57.4 Å². The van der Waals surface area contributed by atoms with E-state index in [0.29, 0.717) is 42.7 Å². The lowest BCUT2D eigenvalue weighted by atomic mass is 10.2. The number of halogens is 4. The molecule has 15 nitrogen and oxygen atoms in total. The number of alkyl halides is 3. The van der Waals surface area contributed by atoms with Crippen molar-refractivity contribution in [2.24, 2.45) is 0 Å². The topological polar surface area (TPSA) is 221 Å². The van der Waals surface area contributed by atoms with Crippen LogP contribution in [0.3, 0.4) is 0 Å². The van der Waals surface area contributed by atoms with Gasteiger partial charge < -0.3 is 16.0 Å². The van der Waals surface area contributed by atoms with Gasteiger partial charge in [0.25, 0.3) is 40.1 Å². The number of anilines is 7. The average molecular weight is 1200 g/mol. The molecule has 3 aromatic heterocycles. The molecule has 0 fully saturated rings. The second-order valence-electron chi connectivity index (χ2n) is 16.5. The van der Waals surface area contributed by atoms with E-state index in [1.54, 1.807) is 42.5 Å². The largest absolute Gasteiger partial charge is 0.416 e. The summed E-state index contributed by atoms with van der Waals surface area (Å²) in [5, 5.41) is 9.67. The fraction of sp³-hybridized carbons (Fsp3) is 0.0769. The number of hydrogen-bond donors (Lipinski definition) is 7. The summed E-state index contributed by atoms with van der Waals surface area (Å²) >= 11 is 3.26. The summed E-state index contributed by atoms with van der Waals surface area (Å²) in [6.07, 6.45) is -4.79. The van der Waals surface area contributed by atoms with Gasteiger partial charge in [0.1, 0.15) is 18.4 Å². The van der Waals surface area contributed by atoms with E-state index < -0.39 is 68.2 Å². The summed E-state index contributed by atoms with van der Waals surface area (Å²) in [5.74, 6) is -0.903. The maximum absolute atomic E-state index is 14.0. The highest BCUT2D eigenvalue weighted by Gasteiger charge is 2.32. The van der Waals surface area contributed by atoms with E-state index in [-0.39, 0.29) is 29.7 Å². The van der Waals surface area contributed by atoms with Gasteiger partial charge in [0.05, 0.1) is 33.2 Å². The van der Waals surface area contributed by atoms with Crippen molar-refractivity contribution < 1.29 is 51.2 Å². The normalized spacial score (nSPS) is 11.9. The van der Waals surface area contributed by atoms with Crippen molar-refractivity contribution in [3.8, 4) is 0 Å². The fourth-order valence-electron chi connectivity index (χ4n) is 7.01. The first-order valence-corrected chi connectivity index (χ1v) is 31.3. The number of para-hydroxylation sites is 5. The second kappa shape index (κ2) is 24.5. The monoisotopic (exact) mass is 1200 g/mol. The van der Waals surface area contributed by atoms with E-state index in [2.05, 4.69) is 30.1 Å². The molecular formula is C52H45F4N7O8S7. The van der Waals surface area contributed by atoms with Crippen molar-refractivity contribution in [2.45, 2.75) is 43.3 Å². The van der Waals surface area contributed by atoms with Gasteiger partial charge in [-0.25, -0.2) is 38.1 Å². The van der Waals surface area contributed by atoms with E-state index in [0.717, 1.165) is 85.1 Å². The molecular weight excluding hydrogens is 1150 g/mol. The lowest BCUT2D eigenvalue weighted by molar-refractivity contribution is -0.137. The lowest BCUT2D eigenvalue weighted by Crippen LogP contribution is -2.18. The van der Waals surface area contributed by atoms with Crippen molar-refractivity contribution in [3.63, 3.8) is 0 Å². The SMILES string of the molecule is O=S(=O)(Nc1cc(F)ccc1NS(=O)(=O)c1ccc(CNc2ccccc2)s1)c1cccc(C(F)(F)F)c1.O=S(=O)(Nc1ccccc1NS(=O)(=O)c1ccc(CNc2ccccc2)s1)c1ccc(CNc2ccccc2)s1. The molecule has 0 saturated heterocycles. The zero-order valence-corrected chi connectivity index (χ0v) is 45.9. The van der Waals surface area contributed by atoms with Gasteiger partial charge in [-0.05, 0) is 115 Å². The number of thiophene rings is 3. The van der Waals surface area contributed by atoms with Crippen LogP contribution >= 0.6 is 34.0 Å². The van der Waals surface area contributed by atoms with E-state index in [1.807, 2.05) is 95.7 Å². The van der Waals surface area contributed by atoms with Crippen molar-refractivity contribution >= 4 is 114 Å². The Kier molecular flexibility index (Phi) is 17.8. The molecule has 0 aliphatic carbocycles. The smallest absolute Gasteiger partial charge is 0.380 e. The van der Waals surface area contributed by atoms with Crippen molar-refractivity contribution in [1.29, 1.82) is 0 Å². The number of hydrogen-bond acceptors (Lipinski definition) is 14. The summed E-state index contributed by atoms with van der Waals surface area (Å²) < 4.78 is 167. The predicted octanol–water partition coefficient (Wildman–Crippen LogP) is 12.8. The number of benzene rings is 6. The molecule has 0 bridgehead atoms. The number of rotatable bonds is 21. The van der Waals surface area contributed by atoms with Crippen LogP contribution in [0.5, 0.6) is 0 Å². The minimum absolute atomic E-state index is 0.0848. The fourth-order valence-corrected chi connectivity index (χ4v) is 15.2. The Morgan fingerprint density at radius 1 is 0.359 bits per heavy atom. The highest BCUT2D eigenvalue weighted by Crippen LogP contribution is 2.35. The van der Waals surface area contributed by atoms with Crippen LogP contribution in [0.25, 0.3) is 0 Å². The van der Waals surface area contributed by atoms with Crippen LogP contribution in [-0.2, 0) is 65.9 Å². The third kappa shape index (κ3) is 15.4. The number of nitrogens with one attached hydrogen (secondary N) is 7. The van der Waals surface area contributed by atoms with Gasteiger partial charge in [0.2, 0.25) is 0 Å². The summed E-state index contributed by atoms with van der Waals surface area (Å²) in [6.45, 7) is 1.30. The standard InChI is InChI=1S/C28H26N4O4S4.C24H19F4N3O4S3/c33-39(34,27-17-15-23(37-27)19-29-21-9-3-1-4-10-21)31-25-13-7-8-14-26(25)32-40(35,36)28-18-16-24(38-28)20-30-22-11-5-2-6-12-22;25-17-9-11-21(22(14-17)31-37(32,33)20-8-4-5-16(13-20)24(26,27)28)30-38(34,35)23-12-10-19(36-23)15-29-18-6-2-1-3-7-18/h1-18,29-32H,19-20H2;1-14,29-31H,15H2. The Hall–Kier alpha value is -7.46. The molecule has 0 radical (unpaired) electrons. The Morgan fingerprint density at radius 2 is 0.718 bits per heavy atom. The van der Waals surface area contributed by atoms with Gasteiger partial charge in [-0.2, -0.15) is 13.2 Å². The zero-order valence-electron chi connectivity index (χ0n) is 40.2. The van der Waals surface area contributed by atoms with Gasteiger partial charge in [0.15, 0.2) is 0 Å². The Morgan fingerprint density at radius 3 is 1.10 bits per heavy atom. The molecule has 6 aromatic carbocycles. The predicted molar refractivity (Wildman–Crippen MR) is 302 cm³/mol. The third-order valence-corrected chi connectivity index (χ3v) is 21.0. The van der Waals surface area contributed by atoms with Crippen LogP contribution in [0.1, 0.15) is 20.2 Å². The lowest BCUT2D eigenvalue weighted by Gasteiger charge is -2.15. The van der Waals surface area contributed by atoms with E-state index in [4.69, 9.17) is 0 Å². The second-order valence-corrected chi connectivity index (χ2v) is 27.4. The highest BCUT2D eigenvalue weighted by atomic mass is 32.3. The van der Waals surface area contributed by atoms with Crippen LogP contribution in [-0.4, -0.2) is 33.7 Å². The van der Waals surface area contributed by atoms with Gasteiger partial charge in [-0.15, -0.1) is 34.0 Å². The van der Waals surface area contributed by atoms with Crippen LogP contribution < -0.4 is 34.8 Å². The summed E-state index contributed by atoms with van der Waals surface area (Å²) in [7, 11) is -16.8. The molecule has 0 spiro atoms. The van der Waals surface area contributed by atoms with Crippen LogP contribution in [0.15, 0.2) is 212 Å². The molecule has 7 N–H and O–H groups in total. The van der Waals surface area contributed by atoms with Gasteiger partial charge in [-0.1, -0.05) is 72.8 Å². The first-order valence-electron chi connectivity index (χ1n) is 22.9. The number of sulfonamides is 4. The molecule has 0 aliphatic heterocycles. The Labute approximate surface area is 460 Å².